The summed E-state index contributed by atoms with van der Waals surface area (Å²) in [5.41, 5.74) is 0.0942. The van der Waals surface area contributed by atoms with Crippen molar-refractivity contribution < 1.29 is 19.2 Å². The normalized spacial score (nSPS) is 12.7. The predicted octanol–water partition coefficient (Wildman–Crippen LogP) is 1.70. The molecule has 0 aliphatic carbocycles. The Bertz CT molecular complexity index is 915. The minimum atomic E-state index is -1.46. The molecule has 0 spiro atoms. The second-order valence-electron chi connectivity index (χ2n) is 4.12. The smallest absolute Gasteiger partial charge is 0.512 e. The average Bonchev–Trinajstić information content (AvgIpc) is 2.80. The van der Waals surface area contributed by atoms with Gasteiger partial charge in [-0.1, -0.05) is 11.3 Å². The number of benzene rings is 1. The van der Waals surface area contributed by atoms with Crippen molar-refractivity contribution in [3.8, 4) is 5.06 Å². The fraction of sp³-hybridized carbons (Fsp3) is 0.0833. The highest BCUT2D eigenvalue weighted by Crippen LogP contribution is 2.25. The summed E-state index contributed by atoms with van der Waals surface area (Å²) in [5.74, 6) is 0. The van der Waals surface area contributed by atoms with Crippen molar-refractivity contribution in [1.29, 1.82) is 0 Å². The molecule has 108 valence electrons. The highest BCUT2D eigenvalue weighted by Gasteiger charge is 2.14. The number of carboxylic acid groups (broad SMARTS) is 1. The van der Waals surface area contributed by atoms with Crippen LogP contribution in [-0.4, -0.2) is 31.5 Å². The predicted molar refractivity (Wildman–Crippen MR) is 77.8 cm³/mol. The molecule has 0 saturated heterocycles. The van der Waals surface area contributed by atoms with Gasteiger partial charge in [-0.15, -0.1) is 0 Å². The Kier molecular flexibility index (Phi) is 3.32. The highest BCUT2D eigenvalue weighted by atomic mass is 32.2. The SMILES string of the molecule is C[S+]([O-])c1ccc2nc3sc(OC(=O)O)cn3c(=O)c2c1. The fourth-order valence-corrected chi connectivity index (χ4v) is 3.25. The van der Waals surface area contributed by atoms with Crippen LogP contribution in [-0.2, 0) is 11.2 Å². The lowest BCUT2D eigenvalue weighted by Gasteiger charge is -2.04. The Morgan fingerprint density at radius 2 is 2.29 bits per heavy atom. The van der Waals surface area contributed by atoms with E-state index in [2.05, 4.69) is 9.72 Å². The van der Waals surface area contributed by atoms with Crippen LogP contribution in [0.3, 0.4) is 0 Å². The third-order valence-electron chi connectivity index (χ3n) is 2.79. The molecule has 0 bridgehead atoms. The number of hydrogen-bond acceptors (Lipinski definition) is 6. The van der Waals surface area contributed by atoms with Gasteiger partial charge in [0.05, 0.1) is 17.1 Å². The van der Waals surface area contributed by atoms with Gasteiger partial charge in [-0.05, 0) is 23.3 Å². The van der Waals surface area contributed by atoms with Crippen LogP contribution in [0.2, 0.25) is 0 Å². The van der Waals surface area contributed by atoms with Gasteiger partial charge in [0.15, 0.2) is 4.90 Å². The Morgan fingerprint density at radius 3 is 2.95 bits per heavy atom. The molecule has 0 radical (unpaired) electrons. The van der Waals surface area contributed by atoms with Crippen molar-refractivity contribution in [3.63, 3.8) is 0 Å². The van der Waals surface area contributed by atoms with E-state index in [9.17, 15) is 14.1 Å². The lowest BCUT2D eigenvalue weighted by Crippen LogP contribution is -2.13. The molecule has 0 aliphatic rings. The minimum absolute atomic E-state index is 0.0571. The van der Waals surface area contributed by atoms with Crippen LogP contribution in [0.4, 0.5) is 4.79 Å². The maximum Gasteiger partial charge on any atom is 0.512 e. The molecule has 0 aliphatic heterocycles. The van der Waals surface area contributed by atoms with Crippen molar-refractivity contribution in [3.05, 3.63) is 34.7 Å². The first-order valence-corrected chi connectivity index (χ1v) is 8.03. The maximum atomic E-state index is 12.4. The Morgan fingerprint density at radius 1 is 1.52 bits per heavy atom. The molecule has 21 heavy (non-hydrogen) atoms. The van der Waals surface area contributed by atoms with E-state index in [0.29, 0.717) is 20.8 Å². The van der Waals surface area contributed by atoms with Crippen LogP contribution in [0.1, 0.15) is 0 Å². The summed E-state index contributed by atoms with van der Waals surface area (Å²) in [7, 11) is 0. The topological polar surface area (TPSA) is 104 Å². The highest BCUT2D eigenvalue weighted by molar-refractivity contribution is 7.90. The zero-order valence-electron chi connectivity index (χ0n) is 10.6. The molecule has 1 atom stereocenters. The number of nitrogens with zero attached hydrogens (tertiary/aromatic N) is 2. The molecule has 0 amide bonds. The number of rotatable bonds is 2. The summed E-state index contributed by atoms with van der Waals surface area (Å²) in [4.78, 5) is 28.0. The largest absolute Gasteiger partial charge is 0.612 e. The summed E-state index contributed by atoms with van der Waals surface area (Å²) in [5, 5.41) is 8.97. The molecule has 1 unspecified atom stereocenters. The summed E-state index contributed by atoms with van der Waals surface area (Å²) in [6.45, 7) is 0. The van der Waals surface area contributed by atoms with Crippen molar-refractivity contribution in [2.45, 2.75) is 4.90 Å². The van der Waals surface area contributed by atoms with E-state index in [4.69, 9.17) is 5.11 Å². The van der Waals surface area contributed by atoms with E-state index in [1.54, 1.807) is 12.1 Å². The van der Waals surface area contributed by atoms with Crippen LogP contribution < -0.4 is 10.3 Å². The lowest BCUT2D eigenvalue weighted by molar-refractivity contribution is 0.146. The summed E-state index contributed by atoms with van der Waals surface area (Å²) in [6, 6.07) is 4.79. The van der Waals surface area contributed by atoms with Gasteiger partial charge in [0.2, 0.25) is 10.0 Å². The van der Waals surface area contributed by atoms with Gasteiger partial charge in [-0.25, -0.2) is 9.78 Å². The Hall–Kier alpha value is -2.10. The van der Waals surface area contributed by atoms with E-state index in [1.165, 1.54) is 22.9 Å². The standard InChI is InChI=1S/C12H8N2O5S2/c1-21(18)6-2-3-8-7(4-6)10(15)14-5-9(19-12(16)17)20-11(14)13-8/h2-5H,1H3,(H,16,17). The van der Waals surface area contributed by atoms with Crippen LogP contribution in [0, 0.1) is 0 Å². The molecule has 7 nitrogen and oxygen atoms in total. The van der Waals surface area contributed by atoms with E-state index in [0.717, 1.165) is 11.3 Å². The summed E-state index contributed by atoms with van der Waals surface area (Å²) in [6.07, 6.45) is 1.34. The van der Waals surface area contributed by atoms with E-state index >= 15 is 0 Å². The third kappa shape index (κ3) is 2.46. The molecule has 1 N–H and O–H groups in total. The minimum Gasteiger partial charge on any atom is -0.612 e. The van der Waals surface area contributed by atoms with Crippen molar-refractivity contribution >= 4 is 44.5 Å². The van der Waals surface area contributed by atoms with Gasteiger partial charge in [0.25, 0.3) is 5.56 Å². The van der Waals surface area contributed by atoms with E-state index in [-0.39, 0.29) is 10.6 Å². The van der Waals surface area contributed by atoms with Gasteiger partial charge < -0.3 is 14.4 Å². The van der Waals surface area contributed by atoms with E-state index < -0.39 is 17.3 Å². The molecule has 0 saturated carbocycles. The lowest BCUT2D eigenvalue weighted by atomic mass is 10.2. The average molecular weight is 324 g/mol. The fourth-order valence-electron chi connectivity index (χ4n) is 1.88. The van der Waals surface area contributed by atoms with Crippen LogP contribution in [0.25, 0.3) is 15.9 Å². The van der Waals surface area contributed by atoms with Gasteiger partial charge in [-0.2, -0.15) is 0 Å². The molecule has 3 aromatic rings. The molecular weight excluding hydrogens is 316 g/mol. The first-order valence-electron chi connectivity index (χ1n) is 5.66. The van der Waals surface area contributed by atoms with Crippen LogP contribution >= 0.6 is 11.3 Å². The molecule has 2 aromatic heterocycles. The molecule has 3 rings (SSSR count). The zero-order chi connectivity index (χ0) is 15.1. The first kappa shape index (κ1) is 13.9. The van der Waals surface area contributed by atoms with Crippen LogP contribution in [0.15, 0.2) is 34.1 Å². The molecule has 2 heterocycles. The number of thiazole rings is 1. The van der Waals surface area contributed by atoms with Crippen molar-refractivity contribution in [1.82, 2.24) is 9.38 Å². The number of aromatic nitrogens is 2. The van der Waals surface area contributed by atoms with Gasteiger partial charge in [0.1, 0.15) is 6.26 Å². The molecule has 9 heteroatoms. The van der Waals surface area contributed by atoms with Gasteiger partial charge in [0, 0.05) is 6.07 Å². The van der Waals surface area contributed by atoms with Gasteiger partial charge >= 0.3 is 6.16 Å². The van der Waals surface area contributed by atoms with Crippen molar-refractivity contribution in [2.75, 3.05) is 6.26 Å². The molecule has 0 fully saturated rings. The Balaban J connectivity index is 2.27. The second-order valence-corrected chi connectivity index (χ2v) is 6.47. The monoisotopic (exact) mass is 324 g/mol. The number of carbonyl (C=O) groups is 1. The molecular formula is C12H8N2O5S2. The maximum absolute atomic E-state index is 12.4. The summed E-state index contributed by atoms with van der Waals surface area (Å²) >= 11 is -0.251. The summed E-state index contributed by atoms with van der Waals surface area (Å²) < 4.78 is 17.2. The van der Waals surface area contributed by atoms with Crippen LogP contribution in [0.5, 0.6) is 5.06 Å². The van der Waals surface area contributed by atoms with Gasteiger partial charge in [-0.3, -0.25) is 9.20 Å². The number of ether oxygens (including phenoxy) is 1. The first-order chi connectivity index (χ1) is 9.95. The Labute approximate surface area is 124 Å². The van der Waals surface area contributed by atoms with E-state index in [1.807, 2.05) is 0 Å². The van der Waals surface area contributed by atoms with Crippen molar-refractivity contribution in [2.24, 2.45) is 0 Å². The second kappa shape index (κ2) is 5.02. The zero-order valence-corrected chi connectivity index (χ0v) is 12.2. The number of fused-ring (bicyclic) bond motifs is 2. The third-order valence-corrected chi connectivity index (χ3v) is 4.56. The molecule has 1 aromatic carbocycles. The number of hydrogen-bond donors (Lipinski definition) is 1. The quantitative estimate of drug-likeness (QED) is 0.568.